The molecule has 0 atom stereocenters. The Balaban J connectivity index is 2.32. The zero-order valence-corrected chi connectivity index (χ0v) is 13.8. The first-order valence-electron chi connectivity index (χ1n) is 7.37. The van der Waals surface area contributed by atoms with Crippen LogP contribution in [-0.2, 0) is 6.54 Å². The molecule has 0 radical (unpaired) electrons. The summed E-state index contributed by atoms with van der Waals surface area (Å²) in [5.41, 5.74) is 1.15. The lowest BCUT2D eigenvalue weighted by Crippen LogP contribution is -2.23. The summed E-state index contributed by atoms with van der Waals surface area (Å²) in [6.45, 7) is 6.34. The Labute approximate surface area is 137 Å². The van der Waals surface area contributed by atoms with Gasteiger partial charge in [-0.2, -0.15) is 9.78 Å². The number of fused-ring (bicyclic) bond motifs is 1. The van der Waals surface area contributed by atoms with Gasteiger partial charge in [-0.1, -0.05) is 25.4 Å². The van der Waals surface area contributed by atoms with Crippen molar-refractivity contribution in [3.63, 3.8) is 0 Å². The van der Waals surface area contributed by atoms with Gasteiger partial charge >= 0.3 is 5.69 Å². The minimum atomic E-state index is -0.564. The molecule has 0 N–H and O–H groups in total. The Morgan fingerprint density at radius 2 is 2.04 bits per heavy atom. The third kappa shape index (κ3) is 2.63. The molecule has 23 heavy (non-hydrogen) atoms. The zero-order valence-electron chi connectivity index (χ0n) is 13.0. The standard InChI is InChI=1S/C16H16ClFN4O/c1-4-21-8-19-22(16(21)23)14-5-11-10(9(2)3)6-15(17)20-13(11)7-12(14)18/h5-9H,4H2,1-3H3. The van der Waals surface area contributed by atoms with Gasteiger partial charge in [0.25, 0.3) is 0 Å². The van der Waals surface area contributed by atoms with Crippen molar-refractivity contribution in [2.45, 2.75) is 33.2 Å². The molecule has 0 aliphatic carbocycles. The molecule has 0 aliphatic heterocycles. The maximum absolute atomic E-state index is 14.5. The Bertz CT molecular complexity index is 945. The van der Waals surface area contributed by atoms with E-state index in [2.05, 4.69) is 10.1 Å². The van der Waals surface area contributed by atoms with Crippen LogP contribution in [0.25, 0.3) is 16.6 Å². The van der Waals surface area contributed by atoms with E-state index in [4.69, 9.17) is 11.6 Å². The van der Waals surface area contributed by atoms with Gasteiger partial charge in [0.2, 0.25) is 0 Å². The van der Waals surface area contributed by atoms with Gasteiger partial charge in [-0.25, -0.2) is 14.2 Å². The number of pyridine rings is 1. The molecule has 120 valence electrons. The SMILES string of the molecule is CCn1cnn(-c2cc3c(C(C)C)cc(Cl)nc3cc2F)c1=O. The quantitative estimate of drug-likeness (QED) is 0.689. The Morgan fingerprint density at radius 3 is 2.65 bits per heavy atom. The van der Waals surface area contributed by atoms with E-state index >= 15 is 0 Å². The molecular weight excluding hydrogens is 319 g/mol. The van der Waals surface area contributed by atoms with Gasteiger partial charge in [0.1, 0.15) is 17.2 Å². The molecule has 0 unspecified atom stereocenters. The monoisotopic (exact) mass is 334 g/mol. The van der Waals surface area contributed by atoms with E-state index in [1.54, 1.807) is 12.1 Å². The van der Waals surface area contributed by atoms with E-state index in [1.807, 2.05) is 20.8 Å². The lowest BCUT2D eigenvalue weighted by molar-refractivity contribution is 0.606. The first-order valence-corrected chi connectivity index (χ1v) is 7.74. The Morgan fingerprint density at radius 1 is 1.30 bits per heavy atom. The highest BCUT2D eigenvalue weighted by Gasteiger charge is 2.16. The van der Waals surface area contributed by atoms with E-state index in [1.165, 1.54) is 17.0 Å². The first kappa shape index (κ1) is 15.7. The number of benzene rings is 1. The molecule has 0 spiro atoms. The zero-order chi connectivity index (χ0) is 16.7. The van der Waals surface area contributed by atoms with Crippen molar-refractivity contribution in [2.75, 3.05) is 0 Å². The van der Waals surface area contributed by atoms with Crippen LogP contribution in [0.3, 0.4) is 0 Å². The van der Waals surface area contributed by atoms with Crippen LogP contribution in [0.2, 0.25) is 5.15 Å². The molecule has 0 saturated heterocycles. The van der Waals surface area contributed by atoms with Gasteiger partial charge in [-0.15, -0.1) is 0 Å². The highest BCUT2D eigenvalue weighted by Crippen LogP contribution is 2.29. The number of nitrogens with zero attached hydrogens (tertiary/aromatic N) is 4. The van der Waals surface area contributed by atoms with Crippen molar-refractivity contribution < 1.29 is 4.39 Å². The number of aromatic nitrogens is 4. The molecule has 0 fully saturated rings. The third-order valence-electron chi connectivity index (χ3n) is 3.80. The van der Waals surface area contributed by atoms with Crippen molar-refractivity contribution in [1.29, 1.82) is 0 Å². The number of halogens is 2. The molecule has 7 heteroatoms. The van der Waals surface area contributed by atoms with Gasteiger partial charge in [-0.3, -0.25) is 4.57 Å². The summed E-state index contributed by atoms with van der Waals surface area (Å²) >= 11 is 6.02. The second-order valence-corrected chi connectivity index (χ2v) is 6.01. The maximum Gasteiger partial charge on any atom is 0.350 e. The molecule has 0 amide bonds. The van der Waals surface area contributed by atoms with E-state index in [9.17, 15) is 9.18 Å². The molecule has 0 aliphatic rings. The van der Waals surface area contributed by atoms with Crippen molar-refractivity contribution in [3.05, 3.63) is 51.5 Å². The lowest BCUT2D eigenvalue weighted by Gasteiger charge is -2.12. The molecule has 3 rings (SSSR count). The number of hydrogen-bond donors (Lipinski definition) is 0. The topological polar surface area (TPSA) is 52.7 Å². The second kappa shape index (κ2) is 5.77. The van der Waals surface area contributed by atoms with E-state index in [0.29, 0.717) is 17.2 Å². The third-order valence-corrected chi connectivity index (χ3v) is 4.00. The lowest BCUT2D eigenvalue weighted by atomic mass is 9.98. The van der Waals surface area contributed by atoms with Crippen LogP contribution in [0, 0.1) is 5.82 Å². The van der Waals surface area contributed by atoms with Crippen LogP contribution in [0.15, 0.2) is 29.3 Å². The van der Waals surface area contributed by atoms with Crippen LogP contribution >= 0.6 is 11.6 Å². The average Bonchev–Trinajstić information content (AvgIpc) is 2.86. The average molecular weight is 335 g/mol. The van der Waals surface area contributed by atoms with Gasteiger partial charge in [0.05, 0.1) is 5.52 Å². The minimum Gasteiger partial charge on any atom is -0.281 e. The van der Waals surface area contributed by atoms with Gasteiger partial charge in [0, 0.05) is 18.0 Å². The second-order valence-electron chi connectivity index (χ2n) is 5.62. The van der Waals surface area contributed by atoms with Crippen LogP contribution in [0.4, 0.5) is 4.39 Å². The van der Waals surface area contributed by atoms with Crippen molar-refractivity contribution in [2.24, 2.45) is 0 Å². The smallest absolute Gasteiger partial charge is 0.281 e. The maximum atomic E-state index is 14.5. The molecule has 2 aromatic heterocycles. The van der Waals surface area contributed by atoms with Crippen LogP contribution in [0.5, 0.6) is 0 Å². The largest absolute Gasteiger partial charge is 0.350 e. The number of aryl methyl sites for hydroxylation is 1. The molecule has 0 bridgehead atoms. The summed E-state index contributed by atoms with van der Waals surface area (Å²) in [4.78, 5) is 16.4. The van der Waals surface area contributed by atoms with Gasteiger partial charge in [0.15, 0.2) is 5.82 Å². The molecule has 2 heterocycles. The predicted molar refractivity (Wildman–Crippen MR) is 87.9 cm³/mol. The fraction of sp³-hybridized carbons (Fsp3) is 0.312. The molecular formula is C16H16ClFN4O. The first-order chi connectivity index (χ1) is 10.9. The van der Waals surface area contributed by atoms with Crippen molar-refractivity contribution in [3.8, 4) is 5.69 Å². The molecule has 3 aromatic rings. The fourth-order valence-corrected chi connectivity index (χ4v) is 2.79. The van der Waals surface area contributed by atoms with Gasteiger partial charge in [-0.05, 0) is 30.5 Å². The fourth-order valence-electron chi connectivity index (χ4n) is 2.59. The predicted octanol–water partition coefficient (Wildman–Crippen LogP) is 3.52. The highest BCUT2D eigenvalue weighted by molar-refractivity contribution is 6.30. The summed E-state index contributed by atoms with van der Waals surface area (Å²) in [5.74, 6) is -0.383. The Kier molecular flexibility index (Phi) is 3.93. The minimum absolute atomic E-state index is 0.112. The summed E-state index contributed by atoms with van der Waals surface area (Å²) in [5, 5.41) is 5.08. The van der Waals surface area contributed by atoms with Crippen molar-refractivity contribution >= 4 is 22.5 Å². The molecule has 5 nitrogen and oxygen atoms in total. The van der Waals surface area contributed by atoms with E-state index in [-0.39, 0.29) is 17.3 Å². The van der Waals surface area contributed by atoms with Crippen LogP contribution in [-0.4, -0.2) is 19.3 Å². The number of rotatable bonds is 3. The van der Waals surface area contributed by atoms with Gasteiger partial charge < -0.3 is 0 Å². The highest BCUT2D eigenvalue weighted by atomic mass is 35.5. The van der Waals surface area contributed by atoms with E-state index in [0.717, 1.165) is 15.6 Å². The summed E-state index contributed by atoms with van der Waals surface area (Å²) in [6, 6.07) is 4.67. The summed E-state index contributed by atoms with van der Waals surface area (Å²) in [6.07, 6.45) is 1.40. The molecule has 0 saturated carbocycles. The Hall–Kier alpha value is -2.21. The van der Waals surface area contributed by atoms with E-state index < -0.39 is 5.82 Å². The summed E-state index contributed by atoms with van der Waals surface area (Å²) in [7, 11) is 0. The van der Waals surface area contributed by atoms with Crippen LogP contribution < -0.4 is 5.69 Å². The van der Waals surface area contributed by atoms with Crippen molar-refractivity contribution in [1.82, 2.24) is 19.3 Å². The summed E-state index contributed by atoms with van der Waals surface area (Å²) < 4.78 is 16.9. The molecule has 1 aromatic carbocycles. The number of hydrogen-bond acceptors (Lipinski definition) is 3. The normalized spacial score (nSPS) is 11.6. The van der Waals surface area contributed by atoms with Crippen LogP contribution in [0.1, 0.15) is 32.3 Å².